The smallest absolute Gasteiger partial charge is 0.416 e. The Labute approximate surface area is 691 Å². The molecule has 4 aromatic carbocycles. The number of amides is 10. The number of imide groups is 1. The van der Waals surface area contributed by atoms with Crippen LogP contribution in [-0.2, 0) is 103 Å². The number of methoxy groups -OCH3 is 1. The second-order valence-corrected chi connectivity index (χ2v) is 28.6. The largest absolute Gasteiger partial charge is 0.493 e. The van der Waals surface area contributed by atoms with E-state index in [1.807, 2.05) is 73.9 Å². The monoisotopic (exact) mass is 1650 g/mol. The summed E-state index contributed by atoms with van der Waals surface area (Å²) in [4.78, 5) is 147. The molecule has 1 fully saturated rings. The zero-order chi connectivity index (χ0) is 85.0. The Bertz CT molecular complexity index is 4380. The Kier molecular flexibility index (Phi) is 37.0. The molecule has 5 heterocycles. The number of fused-ring (bicyclic) bond motifs is 2. The Hall–Kier alpha value is -11.2. The van der Waals surface area contributed by atoms with Crippen LogP contribution < -0.4 is 46.3 Å². The number of aryl methyl sites for hydroxylation is 2. The van der Waals surface area contributed by atoms with Crippen molar-refractivity contribution in [3.8, 4) is 22.6 Å². The van der Waals surface area contributed by atoms with Gasteiger partial charge in [-0.05, 0) is 97.7 Å². The Morgan fingerprint density at radius 3 is 1.74 bits per heavy atom. The summed E-state index contributed by atoms with van der Waals surface area (Å²) in [6, 6.07) is 26.8. The molecular weight excluding hydrogens is 1540 g/mol. The zero-order valence-electron chi connectivity index (χ0n) is 68.2. The molecule has 0 unspecified atom stereocenters. The van der Waals surface area contributed by atoms with Crippen molar-refractivity contribution in [1.29, 1.82) is 0 Å². The van der Waals surface area contributed by atoms with Gasteiger partial charge in [-0.3, -0.25) is 52.8 Å². The number of aliphatic hydroxyl groups excluding tert-OH is 1. The second kappa shape index (κ2) is 48.0. The lowest BCUT2D eigenvalue weighted by Crippen LogP contribution is -2.55. The third-order valence-corrected chi connectivity index (χ3v) is 19.4. The van der Waals surface area contributed by atoms with Crippen molar-refractivity contribution < 1.29 is 110 Å². The molecule has 0 bridgehead atoms. The van der Waals surface area contributed by atoms with Gasteiger partial charge >= 0.3 is 6.09 Å². The van der Waals surface area contributed by atoms with Crippen LogP contribution in [0.4, 0.5) is 27.5 Å². The fourth-order valence-corrected chi connectivity index (χ4v) is 13.0. The fraction of sp³-hybridized carbons (Fsp3) is 0.471. The van der Waals surface area contributed by atoms with E-state index in [1.165, 1.54) is 38.3 Å². The van der Waals surface area contributed by atoms with Crippen LogP contribution in [0.3, 0.4) is 0 Å². The first-order valence-electron chi connectivity index (χ1n) is 39.9. The van der Waals surface area contributed by atoms with E-state index in [1.54, 1.807) is 71.5 Å². The summed E-state index contributed by atoms with van der Waals surface area (Å²) in [5.41, 5.74) is 5.47. The highest BCUT2D eigenvalue weighted by Gasteiger charge is 2.45. The van der Waals surface area contributed by atoms with Gasteiger partial charge in [-0.15, -0.1) is 0 Å². The molecule has 9 rings (SSSR count). The van der Waals surface area contributed by atoms with Gasteiger partial charge in [-0.2, -0.15) is 0 Å². The highest BCUT2D eigenvalue weighted by Crippen LogP contribution is 2.41. The molecule has 119 heavy (non-hydrogen) atoms. The number of anilines is 4. The average molecular weight is 1650 g/mol. The number of ether oxygens (including phenoxy) is 11. The number of hydrogen-bond acceptors (Lipinski definition) is 23. The molecule has 10 amide bonds. The predicted molar refractivity (Wildman–Crippen MR) is 436 cm³/mol. The molecule has 7 N–H and O–H groups in total. The molecule has 34 nitrogen and oxygen atoms in total. The lowest BCUT2D eigenvalue weighted by Gasteiger charge is -2.38. The van der Waals surface area contributed by atoms with Gasteiger partial charge in [0.25, 0.3) is 23.6 Å². The van der Waals surface area contributed by atoms with Gasteiger partial charge in [-0.1, -0.05) is 68.4 Å². The highest BCUT2D eigenvalue weighted by atomic mass is 16.6. The van der Waals surface area contributed by atoms with E-state index < -0.39 is 65.9 Å². The van der Waals surface area contributed by atoms with Crippen molar-refractivity contribution in [2.24, 2.45) is 20.0 Å². The molecule has 4 atom stereocenters. The molecule has 0 aliphatic carbocycles. The Balaban J connectivity index is 0.613. The quantitative estimate of drug-likeness (QED) is 0.0121. The number of nitrogens with zero attached hydrogens (tertiary/aromatic N) is 5. The lowest BCUT2D eigenvalue weighted by atomic mass is 10.0. The zero-order valence-corrected chi connectivity index (χ0v) is 68.2. The van der Waals surface area contributed by atoms with Crippen molar-refractivity contribution in [3.05, 3.63) is 156 Å². The minimum Gasteiger partial charge on any atom is -0.493 e. The van der Waals surface area contributed by atoms with Gasteiger partial charge < -0.3 is 103 Å². The molecule has 0 saturated carbocycles. The van der Waals surface area contributed by atoms with E-state index in [-0.39, 0.29) is 124 Å². The van der Waals surface area contributed by atoms with E-state index in [0.29, 0.717) is 152 Å². The van der Waals surface area contributed by atoms with Gasteiger partial charge in [-0.25, -0.2) is 9.69 Å². The third-order valence-electron chi connectivity index (χ3n) is 19.4. The molecule has 3 aliphatic rings. The molecule has 0 radical (unpaired) electrons. The van der Waals surface area contributed by atoms with Gasteiger partial charge in [0.05, 0.1) is 148 Å². The van der Waals surface area contributed by atoms with Crippen LogP contribution in [0.2, 0.25) is 0 Å². The number of hydrogen-bond donors (Lipinski definition) is 7. The number of aromatic nitrogens is 2. The Morgan fingerprint density at radius 2 is 1.13 bits per heavy atom. The van der Waals surface area contributed by atoms with Crippen molar-refractivity contribution in [3.63, 3.8) is 0 Å². The number of Topliss-reactive ketones (excluding diaryl/α,β-unsaturated/α-hetero) is 1. The molecule has 0 spiro atoms. The van der Waals surface area contributed by atoms with E-state index in [2.05, 4.69) is 31.9 Å². The number of carbonyl (C=O) groups excluding carboxylic acids is 11. The first-order chi connectivity index (χ1) is 57.5. The fourth-order valence-electron chi connectivity index (χ4n) is 13.0. The first kappa shape index (κ1) is 91.7. The molecular formula is C85H109N11O23. The average Bonchev–Trinajstić information content (AvgIpc) is 1.69. The van der Waals surface area contributed by atoms with E-state index in [4.69, 9.17) is 52.1 Å². The Morgan fingerprint density at radius 1 is 0.538 bits per heavy atom. The third kappa shape index (κ3) is 28.8. The molecule has 34 heteroatoms. The maximum atomic E-state index is 14.4. The van der Waals surface area contributed by atoms with Crippen molar-refractivity contribution >= 4 is 87.8 Å². The van der Waals surface area contributed by atoms with Crippen LogP contribution in [0.1, 0.15) is 108 Å². The van der Waals surface area contributed by atoms with Crippen LogP contribution in [0, 0.1) is 5.92 Å². The first-order valence-corrected chi connectivity index (χ1v) is 39.9. The summed E-state index contributed by atoms with van der Waals surface area (Å²) in [6.07, 6.45) is 5.54. The lowest BCUT2D eigenvalue weighted by molar-refractivity contribution is -0.137. The summed E-state index contributed by atoms with van der Waals surface area (Å²) in [5, 5.41) is 28.7. The number of ketones is 1. The van der Waals surface area contributed by atoms with Gasteiger partial charge in [0.1, 0.15) is 24.4 Å². The number of rotatable bonds is 51. The molecule has 1 saturated heterocycles. The van der Waals surface area contributed by atoms with Crippen molar-refractivity contribution in [2.75, 3.05) is 160 Å². The second-order valence-electron chi connectivity index (χ2n) is 28.6. The standard InChI is InChI=1S/C85H109N11O23/c1-57(2)79(91-76(100)28-33-110-35-37-112-39-41-114-43-45-116-47-48-117-46-44-115-42-40-113-38-36-111-34-29-86-74(98)27-31-95-77(101)25-26-78(95)102)82(105)87-58(3)80(103)89-64-23-19-60(20-24-64)56-119-85(108)96-68-53-73(72(109-6)52-66(68)83(106)94-30-11-10-15-67(94)84(96)107)118-32-12-16-75(99)88-65-51-69(93(5)55-65)71(97)49-59-17-21-61(22-18-59)62-50-70(92(4)54-62)81(104)90-63-13-8-7-9-14-63/h7-9,13-14,17-26,50-55,57-58,67,79,84,107H,10-12,15-16,27-49,56H2,1-6H3,(H,86,98)(H,87,105)(H,88,99)(H,89,103)(H,90,104)(H,91,100)/t58-,67-,79-,84-/m0/s1. The van der Waals surface area contributed by atoms with Gasteiger partial charge in [0.2, 0.25) is 29.5 Å². The predicted octanol–water partition coefficient (Wildman–Crippen LogP) is 6.52. The SMILES string of the molecule is COc1cc2c(cc1OCCCC(=O)Nc1cc(C(=O)Cc3ccc(-c4cc(C(=O)Nc5ccccc5)n(C)c4)cc3)n(C)c1)N(C(=O)OCc1ccc(NC(=O)[C@H](C)NC(=O)[C@@H](NC(=O)CCOCCOCCOCCOCCOCCOCCOCCOCCNC(=O)CCN3C(=O)C=CC3=O)C(C)C)cc1)[C@@H](O)[C@@H]1CCCCN1C2=O. The number of benzene rings is 4. The van der Waals surface area contributed by atoms with E-state index in [0.717, 1.165) is 26.5 Å². The molecule has 6 aromatic rings. The summed E-state index contributed by atoms with van der Waals surface area (Å²) in [6.45, 7) is 10.8. The van der Waals surface area contributed by atoms with Crippen LogP contribution in [0.15, 0.2) is 128 Å². The minimum absolute atomic E-state index is 0.00170. The van der Waals surface area contributed by atoms with Crippen LogP contribution in [0.25, 0.3) is 11.1 Å². The maximum absolute atomic E-state index is 14.4. The van der Waals surface area contributed by atoms with E-state index in [9.17, 15) is 57.8 Å². The van der Waals surface area contributed by atoms with Gasteiger partial charge in [0, 0.05) is 107 Å². The van der Waals surface area contributed by atoms with Crippen molar-refractivity contribution in [2.45, 2.75) is 103 Å². The summed E-state index contributed by atoms with van der Waals surface area (Å²) >= 11 is 0. The highest BCUT2D eigenvalue weighted by molar-refractivity contribution is 6.13. The molecule has 642 valence electrons. The van der Waals surface area contributed by atoms with Crippen LogP contribution >= 0.6 is 0 Å². The minimum atomic E-state index is -1.52. The number of aliphatic hydroxyl groups is 1. The topological polar surface area (TPSA) is 401 Å². The normalized spacial score (nSPS) is 14.9. The molecule has 3 aliphatic heterocycles. The number of para-hydroxylation sites is 1. The van der Waals surface area contributed by atoms with E-state index >= 15 is 0 Å². The van der Waals surface area contributed by atoms with Crippen LogP contribution in [0.5, 0.6) is 11.5 Å². The summed E-state index contributed by atoms with van der Waals surface area (Å²) in [7, 11) is 4.93. The van der Waals surface area contributed by atoms with Crippen molar-refractivity contribution in [1.82, 2.24) is 34.9 Å². The maximum Gasteiger partial charge on any atom is 0.416 e. The van der Waals surface area contributed by atoms with Crippen LogP contribution in [-0.4, -0.2) is 252 Å². The number of piperidine rings is 1. The summed E-state index contributed by atoms with van der Waals surface area (Å²) in [5.74, 6) is -3.83. The summed E-state index contributed by atoms with van der Waals surface area (Å²) < 4.78 is 65.2. The molecule has 2 aromatic heterocycles. The van der Waals surface area contributed by atoms with Gasteiger partial charge in [0.15, 0.2) is 23.5 Å². The number of carbonyl (C=O) groups is 11. The number of nitrogens with one attached hydrogen (secondary N) is 6.